The van der Waals surface area contributed by atoms with E-state index in [0.717, 1.165) is 12.0 Å². The molecule has 1 fully saturated rings. The topological polar surface area (TPSA) is 90.9 Å². The predicted molar refractivity (Wildman–Crippen MR) is 119 cm³/mol. The van der Waals surface area contributed by atoms with Gasteiger partial charge >= 0.3 is 0 Å². The number of aromatic amines is 1. The molecule has 3 N–H and O–H groups in total. The van der Waals surface area contributed by atoms with Crippen LogP contribution >= 0.6 is 0 Å². The first-order chi connectivity index (χ1) is 14.1. The Morgan fingerprint density at radius 1 is 1.28 bits per heavy atom. The number of H-pyrrole nitrogens is 1. The highest BCUT2D eigenvalue weighted by molar-refractivity contribution is 6.01. The molecule has 0 amide bonds. The fraction of sp³-hybridized carbons (Fsp3) is 0.522. The van der Waals surface area contributed by atoms with Crippen molar-refractivity contribution < 1.29 is 4.74 Å². The van der Waals surface area contributed by atoms with Gasteiger partial charge in [0.25, 0.3) is 5.56 Å². The van der Waals surface area contributed by atoms with Crippen molar-refractivity contribution in [3.05, 3.63) is 39.8 Å². The molecule has 0 spiro atoms. The summed E-state index contributed by atoms with van der Waals surface area (Å²) in [6.07, 6.45) is 7.63. The molecule has 29 heavy (non-hydrogen) atoms. The lowest BCUT2D eigenvalue weighted by Crippen LogP contribution is -2.20. The molecule has 6 nitrogen and oxygen atoms in total. The number of aromatic nitrogens is 2. The molecule has 1 heterocycles. The van der Waals surface area contributed by atoms with Crippen LogP contribution in [-0.4, -0.2) is 29.3 Å². The van der Waals surface area contributed by atoms with Gasteiger partial charge in [0.15, 0.2) is 0 Å². The molecule has 0 unspecified atom stereocenters. The standard InChI is InChI=1S/C23H32N4O2/c1-4-9-18(24)20-21(25-3)23(28)27-22(26-20)17-14-16(12-13-19(17)29-5-2)15-10-7-6-8-11-15/h12-15,24-25H,4-11H2,1-3H3,(H,26,27,28). The van der Waals surface area contributed by atoms with Gasteiger partial charge in [0.1, 0.15) is 23.0 Å². The predicted octanol–water partition coefficient (Wildman–Crippen LogP) is 5.09. The lowest BCUT2D eigenvalue weighted by atomic mass is 9.83. The van der Waals surface area contributed by atoms with Gasteiger partial charge in [-0.3, -0.25) is 4.79 Å². The van der Waals surface area contributed by atoms with Gasteiger partial charge in [-0.2, -0.15) is 0 Å². The van der Waals surface area contributed by atoms with E-state index in [1.165, 1.54) is 37.7 Å². The second kappa shape index (κ2) is 9.72. The molecule has 0 atom stereocenters. The Morgan fingerprint density at radius 3 is 2.69 bits per heavy atom. The number of hydrogen-bond donors (Lipinski definition) is 3. The molecule has 0 aliphatic heterocycles. The Balaban J connectivity index is 2.12. The van der Waals surface area contributed by atoms with E-state index in [2.05, 4.69) is 22.4 Å². The first-order valence-corrected chi connectivity index (χ1v) is 10.8. The molecule has 156 valence electrons. The fourth-order valence-electron chi connectivity index (χ4n) is 4.12. The van der Waals surface area contributed by atoms with Crippen molar-refractivity contribution in [1.82, 2.24) is 9.97 Å². The summed E-state index contributed by atoms with van der Waals surface area (Å²) in [5, 5.41) is 11.3. The zero-order valence-corrected chi connectivity index (χ0v) is 17.7. The van der Waals surface area contributed by atoms with E-state index in [1.807, 2.05) is 19.9 Å². The molecule has 6 heteroatoms. The van der Waals surface area contributed by atoms with Crippen LogP contribution < -0.4 is 15.6 Å². The van der Waals surface area contributed by atoms with Crippen LogP contribution in [0.2, 0.25) is 0 Å². The summed E-state index contributed by atoms with van der Waals surface area (Å²) in [6.45, 7) is 4.50. The van der Waals surface area contributed by atoms with Crippen molar-refractivity contribution in [3.63, 3.8) is 0 Å². The van der Waals surface area contributed by atoms with Crippen LogP contribution in [0.5, 0.6) is 5.75 Å². The number of hydrogen-bond acceptors (Lipinski definition) is 5. The average molecular weight is 397 g/mol. The van der Waals surface area contributed by atoms with Crippen LogP contribution in [0.4, 0.5) is 5.69 Å². The first kappa shape index (κ1) is 21.1. The normalized spacial score (nSPS) is 14.6. The lowest BCUT2D eigenvalue weighted by molar-refractivity contribution is 0.341. The van der Waals surface area contributed by atoms with Crippen molar-refractivity contribution in [3.8, 4) is 17.1 Å². The summed E-state index contributed by atoms with van der Waals surface area (Å²) in [6, 6.07) is 6.25. The third kappa shape index (κ3) is 4.69. The van der Waals surface area contributed by atoms with Crippen LogP contribution in [0.3, 0.4) is 0 Å². The first-order valence-electron chi connectivity index (χ1n) is 10.8. The highest BCUT2D eigenvalue weighted by Gasteiger charge is 2.21. The Labute approximate surface area is 172 Å². The molecule has 1 aromatic carbocycles. The summed E-state index contributed by atoms with van der Waals surface area (Å²) in [7, 11) is 1.68. The van der Waals surface area contributed by atoms with Crippen LogP contribution in [0, 0.1) is 5.41 Å². The Kier molecular flexibility index (Phi) is 7.07. The van der Waals surface area contributed by atoms with Gasteiger partial charge in [0.05, 0.1) is 17.9 Å². The quantitative estimate of drug-likeness (QED) is 0.542. The Morgan fingerprint density at radius 2 is 2.03 bits per heavy atom. The van der Waals surface area contributed by atoms with E-state index in [9.17, 15) is 4.79 Å². The Hall–Kier alpha value is -2.63. The number of rotatable bonds is 8. The molecular weight excluding hydrogens is 364 g/mol. The number of benzene rings is 1. The largest absolute Gasteiger partial charge is 0.493 e. The lowest BCUT2D eigenvalue weighted by Gasteiger charge is -2.23. The van der Waals surface area contributed by atoms with Gasteiger partial charge in [0, 0.05) is 7.05 Å². The van der Waals surface area contributed by atoms with Crippen molar-refractivity contribution >= 4 is 11.4 Å². The van der Waals surface area contributed by atoms with Crippen LogP contribution in [0.15, 0.2) is 23.0 Å². The molecule has 1 aliphatic carbocycles. The summed E-state index contributed by atoms with van der Waals surface area (Å²) < 4.78 is 5.85. The number of anilines is 1. The van der Waals surface area contributed by atoms with Gasteiger partial charge < -0.3 is 20.4 Å². The zero-order valence-electron chi connectivity index (χ0n) is 17.7. The summed E-state index contributed by atoms with van der Waals surface area (Å²) >= 11 is 0. The van der Waals surface area contributed by atoms with E-state index < -0.39 is 0 Å². The fourth-order valence-corrected chi connectivity index (χ4v) is 4.12. The van der Waals surface area contributed by atoms with Crippen LogP contribution in [0.25, 0.3) is 11.4 Å². The molecular formula is C23H32N4O2. The van der Waals surface area contributed by atoms with E-state index >= 15 is 0 Å². The molecule has 1 aliphatic rings. The third-order valence-corrected chi connectivity index (χ3v) is 5.59. The molecule has 0 radical (unpaired) electrons. The van der Waals surface area contributed by atoms with E-state index in [1.54, 1.807) is 7.05 Å². The molecule has 0 saturated heterocycles. The summed E-state index contributed by atoms with van der Waals surface area (Å²) in [4.78, 5) is 20.3. The van der Waals surface area contributed by atoms with E-state index in [0.29, 0.717) is 47.6 Å². The van der Waals surface area contributed by atoms with Gasteiger partial charge in [0.2, 0.25) is 0 Å². The highest BCUT2D eigenvalue weighted by atomic mass is 16.5. The second-order valence-electron chi connectivity index (χ2n) is 7.64. The zero-order chi connectivity index (χ0) is 20.8. The maximum atomic E-state index is 12.7. The van der Waals surface area contributed by atoms with Crippen molar-refractivity contribution in [2.45, 2.75) is 64.7 Å². The smallest absolute Gasteiger partial charge is 0.275 e. The molecule has 1 aromatic heterocycles. The van der Waals surface area contributed by atoms with Crippen molar-refractivity contribution in [2.24, 2.45) is 0 Å². The third-order valence-electron chi connectivity index (χ3n) is 5.59. The minimum absolute atomic E-state index is 0.265. The van der Waals surface area contributed by atoms with Gasteiger partial charge in [-0.05, 0) is 49.8 Å². The van der Waals surface area contributed by atoms with E-state index in [-0.39, 0.29) is 5.56 Å². The number of ether oxygens (including phenoxy) is 1. The van der Waals surface area contributed by atoms with Crippen LogP contribution in [-0.2, 0) is 0 Å². The maximum absolute atomic E-state index is 12.7. The second-order valence-corrected chi connectivity index (χ2v) is 7.64. The maximum Gasteiger partial charge on any atom is 0.275 e. The highest BCUT2D eigenvalue weighted by Crippen LogP contribution is 2.37. The Bertz CT molecular complexity index is 914. The van der Waals surface area contributed by atoms with E-state index in [4.69, 9.17) is 15.1 Å². The molecule has 3 rings (SSSR count). The van der Waals surface area contributed by atoms with Gasteiger partial charge in [-0.15, -0.1) is 0 Å². The SMILES string of the molecule is CCCC(=N)c1nc(-c2cc(C3CCCCC3)ccc2OCC)[nH]c(=O)c1NC. The average Bonchev–Trinajstić information content (AvgIpc) is 2.74. The van der Waals surface area contributed by atoms with Crippen molar-refractivity contribution in [1.29, 1.82) is 5.41 Å². The van der Waals surface area contributed by atoms with Crippen LogP contribution in [0.1, 0.15) is 76.0 Å². The van der Waals surface area contributed by atoms with Crippen molar-refractivity contribution in [2.75, 3.05) is 19.0 Å². The van der Waals surface area contributed by atoms with Gasteiger partial charge in [-0.1, -0.05) is 38.7 Å². The monoisotopic (exact) mass is 396 g/mol. The number of nitrogens with one attached hydrogen (secondary N) is 3. The molecule has 2 aromatic rings. The minimum atomic E-state index is -0.265. The summed E-state index contributed by atoms with van der Waals surface area (Å²) in [5.74, 6) is 1.71. The number of nitrogens with zero attached hydrogens (tertiary/aromatic N) is 1. The van der Waals surface area contributed by atoms with Gasteiger partial charge in [-0.25, -0.2) is 4.98 Å². The molecule has 0 bridgehead atoms. The minimum Gasteiger partial charge on any atom is -0.493 e. The summed E-state index contributed by atoms with van der Waals surface area (Å²) in [5.41, 5.74) is 2.92. The molecule has 1 saturated carbocycles.